The fourth-order valence-electron chi connectivity index (χ4n) is 0. The topological polar surface area (TPSA) is 20.2 Å². The molecule has 0 rings (SSSR count). The third-order valence-electron chi connectivity index (χ3n) is 0. The van der Waals surface area contributed by atoms with Crippen molar-refractivity contribution in [3.63, 3.8) is 0 Å². The second-order valence-electron chi connectivity index (χ2n) is 2.17. The number of hydrogen-bond acceptors (Lipinski definition) is 1. The zero-order valence-corrected chi connectivity index (χ0v) is 5.73. The van der Waals surface area contributed by atoms with Gasteiger partial charge >= 0.3 is 0 Å². The van der Waals surface area contributed by atoms with Crippen molar-refractivity contribution in [3.8, 4) is 0 Å². The predicted octanol–water partition coefficient (Wildman–Crippen LogP) is 0.775. The maximum Gasteiger partial charge on any atom is 0.0563 e. The Labute approximate surface area is 54.3 Å². The van der Waals surface area contributed by atoms with Crippen molar-refractivity contribution in [1.82, 2.24) is 0 Å². The van der Waals surface area contributed by atoms with Crippen LogP contribution in [-0.2, 0) is 22.4 Å². The van der Waals surface area contributed by atoms with Crippen LogP contribution in [0.5, 0.6) is 0 Å². The molecule has 0 saturated carbocycles. The molecule has 0 spiro atoms. The van der Waals surface area contributed by atoms with Crippen molar-refractivity contribution in [2.24, 2.45) is 0 Å². The molecule has 0 atom stereocenters. The minimum absolute atomic E-state index is 0. The fraction of sp³-hybridized carbons (Fsp3) is 1.00. The molecular formula is C4H10AgO. The summed E-state index contributed by atoms with van der Waals surface area (Å²) in [4.78, 5) is 0. The third-order valence-corrected chi connectivity index (χ3v) is 0. The summed E-state index contributed by atoms with van der Waals surface area (Å²) in [7, 11) is 0. The van der Waals surface area contributed by atoms with Gasteiger partial charge in [0, 0.05) is 22.4 Å². The van der Waals surface area contributed by atoms with Crippen molar-refractivity contribution in [2.75, 3.05) is 0 Å². The van der Waals surface area contributed by atoms with Gasteiger partial charge in [-0.3, -0.25) is 0 Å². The van der Waals surface area contributed by atoms with E-state index in [4.69, 9.17) is 5.11 Å². The van der Waals surface area contributed by atoms with Gasteiger partial charge in [0.1, 0.15) is 0 Å². The average Bonchev–Trinajstić information content (AvgIpc) is 0.722. The molecule has 2 heteroatoms. The van der Waals surface area contributed by atoms with E-state index in [1.165, 1.54) is 0 Å². The first-order chi connectivity index (χ1) is 2.00. The summed E-state index contributed by atoms with van der Waals surface area (Å²) in [6, 6.07) is 0. The average molecular weight is 182 g/mol. The van der Waals surface area contributed by atoms with E-state index in [2.05, 4.69) is 0 Å². The van der Waals surface area contributed by atoms with Crippen LogP contribution in [0, 0.1) is 0 Å². The largest absolute Gasteiger partial charge is 0.391 e. The zero-order chi connectivity index (χ0) is 4.50. The third kappa shape index (κ3) is 131. The molecule has 1 nitrogen and oxygen atoms in total. The molecule has 0 aromatic carbocycles. The Bertz CT molecular complexity index is 23.0. The van der Waals surface area contributed by atoms with Crippen LogP contribution in [0.3, 0.4) is 0 Å². The van der Waals surface area contributed by atoms with E-state index in [-0.39, 0.29) is 22.4 Å². The molecule has 1 radical (unpaired) electrons. The minimum Gasteiger partial charge on any atom is -0.391 e. The molecule has 0 aromatic rings. The zero-order valence-electron chi connectivity index (χ0n) is 4.25. The van der Waals surface area contributed by atoms with Crippen LogP contribution in [0.4, 0.5) is 0 Å². The molecule has 6 heavy (non-hydrogen) atoms. The maximum atomic E-state index is 8.52. The van der Waals surface area contributed by atoms with E-state index < -0.39 is 5.60 Å². The van der Waals surface area contributed by atoms with Crippen molar-refractivity contribution in [2.45, 2.75) is 26.4 Å². The van der Waals surface area contributed by atoms with Crippen LogP contribution < -0.4 is 0 Å². The van der Waals surface area contributed by atoms with Gasteiger partial charge in [-0.15, -0.1) is 0 Å². The maximum absolute atomic E-state index is 8.52. The Kier molecular flexibility index (Phi) is 4.61. The van der Waals surface area contributed by atoms with Crippen LogP contribution in [0.2, 0.25) is 0 Å². The van der Waals surface area contributed by atoms with Crippen LogP contribution in [0.25, 0.3) is 0 Å². The summed E-state index contributed by atoms with van der Waals surface area (Å²) in [5.74, 6) is 0. The molecule has 0 aliphatic heterocycles. The molecule has 0 heterocycles. The van der Waals surface area contributed by atoms with Crippen LogP contribution >= 0.6 is 0 Å². The molecule has 0 amide bonds. The summed E-state index contributed by atoms with van der Waals surface area (Å²) >= 11 is 0. The number of aliphatic hydroxyl groups is 1. The van der Waals surface area contributed by atoms with Gasteiger partial charge in [-0.2, -0.15) is 0 Å². The smallest absolute Gasteiger partial charge is 0.0563 e. The number of hydrogen-bond donors (Lipinski definition) is 1. The van der Waals surface area contributed by atoms with E-state index in [0.29, 0.717) is 0 Å². The van der Waals surface area contributed by atoms with Crippen molar-refractivity contribution in [1.29, 1.82) is 0 Å². The second-order valence-corrected chi connectivity index (χ2v) is 2.17. The quantitative estimate of drug-likeness (QED) is 0.548. The van der Waals surface area contributed by atoms with Gasteiger partial charge in [-0.25, -0.2) is 0 Å². The van der Waals surface area contributed by atoms with E-state index in [1.807, 2.05) is 0 Å². The Morgan fingerprint density at radius 1 is 1.17 bits per heavy atom. The SMILES string of the molecule is CC(C)(C)O.[Ag]. The normalized spacial score (nSPS) is 10.0. The molecule has 1 N–H and O–H groups in total. The van der Waals surface area contributed by atoms with Gasteiger partial charge in [0.2, 0.25) is 0 Å². The summed E-state index contributed by atoms with van der Waals surface area (Å²) in [6.45, 7) is 5.23. The van der Waals surface area contributed by atoms with Gasteiger partial charge in [0.15, 0.2) is 0 Å². The molecule has 0 aliphatic rings. The Balaban J connectivity index is 0. The van der Waals surface area contributed by atoms with Crippen molar-refractivity contribution >= 4 is 0 Å². The number of rotatable bonds is 0. The molecule has 0 saturated heterocycles. The first-order valence-electron chi connectivity index (χ1n) is 1.72. The standard InChI is InChI=1S/C4H10O.Ag/c1-4(2,3)5;/h5H,1-3H3;. The van der Waals surface area contributed by atoms with Crippen LogP contribution in [0.15, 0.2) is 0 Å². The van der Waals surface area contributed by atoms with E-state index in [0.717, 1.165) is 0 Å². The predicted molar refractivity (Wildman–Crippen MR) is 22.0 cm³/mol. The fourth-order valence-corrected chi connectivity index (χ4v) is 0. The van der Waals surface area contributed by atoms with Crippen molar-refractivity contribution < 1.29 is 27.5 Å². The Hall–Kier alpha value is 0.700. The van der Waals surface area contributed by atoms with Crippen molar-refractivity contribution in [3.05, 3.63) is 0 Å². The van der Waals surface area contributed by atoms with Gasteiger partial charge < -0.3 is 5.11 Å². The molecule has 0 aliphatic carbocycles. The minimum atomic E-state index is -0.500. The van der Waals surface area contributed by atoms with E-state index >= 15 is 0 Å². The monoisotopic (exact) mass is 181 g/mol. The summed E-state index contributed by atoms with van der Waals surface area (Å²) in [6.07, 6.45) is 0. The van der Waals surface area contributed by atoms with Gasteiger partial charge in [0.05, 0.1) is 5.60 Å². The first-order valence-corrected chi connectivity index (χ1v) is 1.72. The van der Waals surface area contributed by atoms with Crippen LogP contribution in [0.1, 0.15) is 20.8 Å². The van der Waals surface area contributed by atoms with Gasteiger partial charge in [0.25, 0.3) is 0 Å². The second kappa shape index (κ2) is 2.81. The molecule has 0 aromatic heterocycles. The Morgan fingerprint density at radius 2 is 1.17 bits per heavy atom. The van der Waals surface area contributed by atoms with E-state index in [1.54, 1.807) is 20.8 Å². The molecule has 0 unspecified atom stereocenters. The summed E-state index contributed by atoms with van der Waals surface area (Å²) < 4.78 is 0. The van der Waals surface area contributed by atoms with Crippen LogP contribution in [-0.4, -0.2) is 10.7 Å². The molecule has 0 bridgehead atoms. The van der Waals surface area contributed by atoms with E-state index in [9.17, 15) is 0 Å². The van der Waals surface area contributed by atoms with Gasteiger partial charge in [-0.05, 0) is 20.8 Å². The summed E-state index contributed by atoms with van der Waals surface area (Å²) in [5.41, 5.74) is -0.500. The first kappa shape index (κ1) is 9.85. The Morgan fingerprint density at radius 3 is 1.17 bits per heavy atom. The molecule has 43 valence electrons. The van der Waals surface area contributed by atoms with Gasteiger partial charge in [-0.1, -0.05) is 0 Å². The molecular weight excluding hydrogens is 172 g/mol. The summed E-state index contributed by atoms with van der Waals surface area (Å²) in [5, 5.41) is 8.52. The molecule has 0 fully saturated rings.